The number of amidine groups is 1. The summed E-state index contributed by atoms with van der Waals surface area (Å²) < 4.78 is 0. The Morgan fingerprint density at radius 3 is 3.00 bits per heavy atom. The zero-order chi connectivity index (χ0) is 6.41. The first-order chi connectivity index (χ1) is 3.81. The first kappa shape index (κ1) is 7.10. The molecule has 0 aromatic heterocycles. The van der Waals surface area contributed by atoms with Crippen molar-refractivity contribution in [3.8, 4) is 0 Å². The Morgan fingerprint density at radius 1 is 2.00 bits per heavy atom. The maximum atomic E-state index is 8.20. The normalized spacial score (nSPS) is 9.75. The maximum absolute atomic E-state index is 8.20. The molecule has 4 heteroatoms. The lowest BCUT2D eigenvalue weighted by molar-refractivity contribution is 0.355. The van der Waals surface area contributed by atoms with E-state index in [2.05, 4.69) is 10.3 Å². The average Bonchev–Trinajstić information content (AvgIpc) is 1.83. The Labute approximate surface area is 47.8 Å². The van der Waals surface area contributed by atoms with Crippen molar-refractivity contribution < 1.29 is 5.11 Å². The van der Waals surface area contributed by atoms with Gasteiger partial charge in [0.05, 0.1) is 6.34 Å². The van der Waals surface area contributed by atoms with Crippen molar-refractivity contribution >= 4 is 12.2 Å². The van der Waals surface area contributed by atoms with Crippen LogP contribution in [-0.2, 0) is 0 Å². The minimum Gasteiger partial charge on any atom is -0.388 e. The van der Waals surface area contributed by atoms with E-state index < -0.39 is 0 Å². The van der Waals surface area contributed by atoms with Gasteiger partial charge >= 0.3 is 0 Å². The van der Waals surface area contributed by atoms with Crippen LogP contribution in [0.25, 0.3) is 0 Å². The van der Waals surface area contributed by atoms with E-state index in [9.17, 15) is 0 Å². The van der Waals surface area contributed by atoms with E-state index in [1.54, 1.807) is 7.05 Å². The fraction of sp³-hybridized carbons (Fsp3) is 0.500. The summed E-state index contributed by atoms with van der Waals surface area (Å²) in [5.41, 5.74) is 0. The standard InChI is InChI=1S/C4H9N3O/c1-6-3-7-4(5)2-8/h3,8H,2H2,1H3,(H2,5,6,7). The van der Waals surface area contributed by atoms with E-state index in [0.717, 1.165) is 0 Å². The fourth-order valence-corrected chi connectivity index (χ4v) is 0.183. The highest BCUT2D eigenvalue weighted by atomic mass is 16.3. The van der Waals surface area contributed by atoms with E-state index in [1.807, 2.05) is 0 Å². The molecule has 0 rings (SSSR count). The van der Waals surface area contributed by atoms with Crippen LogP contribution in [0.4, 0.5) is 0 Å². The van der Waals surface area contributed by atoms with Gasteiger partial charge in [-0.15, -0.1) is 0 Å². The second kappa shape index (κ2) is 4.26. The molecule has 0 atom stereocenters. The average molecular weight is 115 g/mol. The summed E-state index contributed by atoms with van der Waals surface area (Å²) in [4.78, 5) is 3.46. The first-order valence-electron chi connectivity index (χ1n) is 2.19. The second-order valence-electron chi connectivity index (χ2n) is 1.15. The van der Waals surface area contributed by atoms with Gasteiger partial charge in [0.15, 0.2) is 0 Å². The van der Waals surface area contributed by atoms with E-state index in [4.69, 9.17) is 10.5 Å². The molecule has 0 aromatic rings. The van der Waals surface area contributed by atoms with Crippen LogP contribution in [0.15, 0.2) is 4.99 Å². The smallest absolute Gasteiger partial charge is 0.148 e. The highest BCUT2D eigenvalue weighted by Gasteiger charge is 1.82. The lowest BCUT2D eigenvalue weighted by Gasteiger charge is -1.86. The van der Waals surface area contributed by atoms with Gasteiger partial charge in [0.2, 0.25) is 0 Å². The molecule has 46 valence electrons. The van der Waals surface area contributed by atoms with Crippen molar-refractivity contribution in [3.63, 3.8) is 0 Å². The third kappa shape index (κ3) is 3.30. The van der Waals surface area contributed by atoms with Crippen LogP contribution in [-0.4, -0.2) is 30.9 Å². The molecule has 3 N–H and O–H groups in total. The number of hydrogen-bond acceptors (Lipinski definition) is 2. The molecule has 0 unspecified atom stereocenters. The molecule has 0 fully saturated rings. The van der Waals surface area contributed by atoms with Crippen molar-refractivity contribution in [1.82, 2.24) is 5.32 Å². The Balaban J connectivity index is 3.37. The zero-order valence-electron chi connectivity index (χ0n) is 4.68. The summed E-state index contributed by atoms with van der Waals surface area (Å²) in [6.07, 6.45) is 1.35. The van der Waals surface area contributed by atoms with Gasteiger partial charge in [0.1, 0.15) is 12.4 Å². The van der Waals surface area contributed by atoms with Crippen molar-refractivity contribution in [3.05, 3.63) is 0 Å². The molecule has 8 heavy (non-hydrogen) atoms. The molecular weight excluding hydrogens is 106 g/mol. The zero-order valence-corrected chi connectivity index (χ0v) is 4.68. The summed E-state index contributed by atoms with van der Waals surface area (Å²) in [6, 6.07) is 0. The molecule has 0 heterocycles. The molecule has 0 aliphatic heterocycles. The first-order valence-corrected chi connectivity index (χ1v) is 2.19. The highest BCUT2D eigenvalue weighted by molar-refractivity contribution is 5.87. The number of aliphatic hydroxyl groups is 1. The van der Waals surface area contributed by atoms with Crippen molar-refractivity contribution in [2.75, 3.05) is 13.7 Å². The van der Waals surface area contributed by atoms with Crippen LogP contribution >= 0.6 is 0 Å². The molecule has 0 saturated heterocycles. The van der Waals surface area contributed by atoms with Gasteiger partial charge in [0, 0.05) is 7.05 Å². The summed E-state index contributed by atoms with van der Waals surface area (Å²) in [5, 5.41) is 17.5. The summed E-state index contributed by atoms with van der Waals surface area (Å²) >= 11 is 0. The molecular formula is C4H9N3O. The third-order valence-corrected chi connectivity index (χ3v) is 0.499. The Bertz CT molecular complexity index is 99.5. The van der Waals surface area contributed by atoms with Crippen LogP contribution in [0.3, 0.4) is 0 Å². The number of rotatable bonds is 2. The minimum absolute atomic E-state index is 0.0423. The predicted molar refractivity (Wildman–Crippen MR) is 32.4 cm³/mol. The van der Waals surface area contributed by atoms with Crippen molar-refractivity contribution in [1.29, 1.82) is 5.41 Å². The lowest BCUT2D eigenvalue weighted by atomic mass is 10.7. The van der Waals surface area contributed by atoms with Gasteiger partial charge < -0.3 is 10.4 Å². The molecule has 0 aromatic carbocycles. The predicted octanol–water partition coefficient (Wildman–Crippen LogP) is -0.796. The quantitative estimate of drug-likeness (QED) is 0.326. The van der Waals surface area contributed by atoms with Gasteiger partial charge in [0.25, 0.3) is 0 Å². The summed E-state index contributed by atoms with van der Waals surface area (Å²) in [5.74, 6) is -0.0423. The highest BCUT2D eigenvalue weighted by Crippen LogP contribution is 1.67. The Hall–Kier alpha value is -0.900. The minimum atomic E-state index is -0.307. The van der Waals surface area contributed by atoms with Gasteiger partial charge in [-0.3, -0.25) is 5.41 Å². The van der Waals surface area contributed by atoms with Crippen LogP contribution in [0.2, 0.25) is 0 Å². The summed E-state index contributed by atoms with van der Waals surface area (Å²) in [6.45, 7) is -0.307. The number of nitrogens with one attached hydrogen (secondary N) is 2. The molecule has 0 radical (unpaired) electrons. The largest absolute Gasteiger partial charge is 0.388 e. The molecule has 0 aliphatic carbocycles. The maximum Gasteiger partial charge on any atom is 0.148 e. The number of hydrogen-bond donors (Lipinski definition) is 3. The molecule has 0 aliphatic rings. The SMILES string of the molecule is CN/C=N\C(=N)CO. The summed E-state index contributed by atoms with van der Waals surface area (Å²) in [7, 11) is 1.67. The Kier molecular flexibility index (Phi) is 3.78. The van der Waals surface area contributed by atoms with Crippen molar-refractivity contribution in [2.45, 2.75) is 0 Å². The molecule has 4 nitrogen and oxygen atoms in total. The van der Waals surface area contributed by atoms with E-state index in [0.29, 0.717) is 0 Å². The molecule has 0 bridgehead atoms. The van der Waals surface area contributed by atoms with Crippen LogP contribution in [0.5, 0.6) is 0 Å². The van der Waals surface area contributed by atoms with Gasteiger partial charge in [-0.05, 0) is 0 Å². The van der Waals surface area contributed by atoms with Gasteiger partial charge in [-0.1, -0.05) is 0 Å². The Morgan fingerprint density at radius 2 is 2.62 bits per heavy atom. The fourth-order valence-electron chi connectivity index (χ4n) is 0.183. The third-order valence-electron chi connectivity index (χ3n) is 0.499. The second-order valence-corrected chi connectivity index (χ2v) is 1.15. The number of nitrogens with zero attached hydrogens (tertiary/aromatic N) is 1. The van der Waals surface area contributed by atoms with Crippen molar-refractivity contribution in [2.24, 2.45) is 4.99 Å². The van der Waals surface area contributed by atoms with E-state index >= 15 is 0 Å². The van der Waals surface area contributed by atoms with Gasteiger partial charge in [-0.2, -0.15) is 0 Å². The van der Waals surface area contributed by atoms with Crippen LogP contribution in [0.1, 0.15) is 0 Å². The lowest BCUT2D eigenvalue weighted by Crippen LogP contribution is -2.05. The van der Waals surface area contributed by atoms with Crippen LogP contribution in [0, 0.1) is 5.41 Å². The van der Waals surface area contributed by atoms with E-state index in [-0.39, 0.29) is 12.4 Å². The van der Waals surface area contributed by atoms with Gasteiger partial charge in [-0.25, -0.2) is 4.99 Å². The number of aliphatic imine (C=N–C) groups is 1. The van der Waals surface area contributed by atoms with E-state index in [1.165, 1.54) is 6.34 Å². The molecule has 0 spiro atoms. The monoisotopic (exact) mass is 115 g/mol. The molecule has 0 amide bonds. The topological polar surface area (TPSA) is 68.5 Å². The van der Waals surface area contributed by atoms with Crippen LogP contribution < -0.4 is 5.32 Å². The number of aliphatic hydroxyl groups excluding tert-OH is 1. The molecule has 0 saturated carbocycles.